The first-order valence-corrected chi connectivity index (χ1v) is 11.4. The summed E-state index contributed by atoms with van der Waals surface area (Å²) in [6, 6.07) is 10.5. The molecule has 0 atom stereocenters. The van der Waals surface area contributed by atoms with Crippen LogP contribution in [0, 0.1) is 5.82 Å². The summed E-state index contributed by atoms with van der Waals surface area (Å²) in [6.45, 7) is 1.57. The number of benzene rings is 1. The van der Waals surface area contributed by atoms with Crippen molar-refractivity contribution in [3.63, 3.8) is 0 Å². The molecule has 0 radical (unpaired) electrons. The Hall–Kier alpha value is -3.39. The Kier molecular flexibility index (Phi) is 5.30. The highest BCUT2D eigenvalue weighted by atomic mass is 32.1. The third-order valence-electron chi connectivity index (χ3n) is 5.55. The summed E-state index contributed by atoms with van der Waals surface area (Å²) in [7, 11) is 1.82. The first kappa shape index (κ1) is 20.5. The molecule has 0 aliphatic heterocycles. The molecule has 0 saturated heterocycles. The maximum absolute atomic E-state index is 14.9. The summed E-state index contributed by atoms with van der Waals surface area (Å²) in [5, 5.41) is 8.70. The number of ketones is 1. The number of aromatic nitrogens is 4. The maximum Gasteiger partial charge on any atom is 0.148 e. The number of carbonyl (C=O) groups is 1. The molecule has 0 spiro atoms. The largest absolute Gasteiger partial charge is 0.373 e. The van der Waals surface area contributed by atoms with Crippen LogP contribution in [0.5, 0.6) is 0 Å². The molecule has 0 saturated carbocycles. The van der Waals surface area contributed by atoms with Gasteiger partial charge in [0.15, 0.2) is 0 Å². The van der Waals surface area contributed by atoms with Crippen LogP contribution in [0.15, 0.2) is 42.6 Å². The normalized spacial score (nSPS) is 12.7. The van der Waals surface area contributed by atoms with Crippen LogP contribution in [0.4, 0.5) is 10.2 Å². The number of anilines is 1. The number of pyridine rings is 1. The fourth-order valence-electron chi connectivity index (χ4n) is 4.11. The smallest absolute Gasteiger partial charge is 0.148 e. The lowest BCUT2D eigenvalue weighted by Crippen LogP contribution is -2.02. The molecular weight excluding hydrogens is 425 g/mol. The molecule has 3 heterocycles. The SMILES string of the molecule is CNc1ccc(-c2nn(-c3ccccc3F)c3c2CCCc2nc(CC(C)=O)sc2-3)cn1. The van der Waals surface area contributed by atoms with Gasteiger partial charge < -0.3 is 5.32 Å². The van der Waals surface area contributed by atoms with Crippen LogP contribution in [0.3, 0.4) is 0 Å². The second-order valence-electron chi connectivity index (χ2n) is 7.84. The highest BCUT2D eigenvalue weighted by Crippen LogP contribution is 2.42. The monoisotopic (exact) mass is 447 g/mol. The number of nitrogens with zero attached hydrogens (tertiary/aromatic N) is 4. The molecule has 1 aliphatic rings. The number of hydrogen-bond donors (Lipinski definition) is 1. The van der Waals surface area contributed by atoms with Crippen LogP contribution in [0.25, 0.3) is 27.5 Å². The summed E-state index contributed by atoms with van der Waals surface area (Å²) in [5.41, 5.74) is 4.95. The van der Waals surface area contributed by atoms with Crippen LogP contribution < -0.4 is 5.32 Å². The van der Waals surface area contributed by atoms with E-state index in [-0.39, 0.29) is 11.6 Å². The number of nitrogens with one attached hydrogen (secondary N) is 1. The van der Waals surface area contributed by atoms with Crippen molar-refractivity contribution in [2.75, 3.05) is 12.4 Å². The van der Waals surface area contributed by atoms with Crippen molar-refractivity contribution < 1.29 is 9.18 Å². The van der Waals surface area contributed by atoms with E-state index in [0.29, 0.717) is 12.1 Å². The molecule has 1 aliphatic carbocycles. The van der Waals surface area contributed by atoms with Crippen LogP contribution >= 0.6 is 11.3 Å². The van der Waals surface area contributed by atoms with E-state index >= 15 is 0 Å². The van der Waals surface area contributed by atoms with Crippen molar-refractivity contribution in [1.29, 1.82) is 0 Å². The molecular formula is C24H22FN5OS. The Bertz CT molecular complexity index is 1310. The van der Waals surface area contributed by atoms with Gasteiger partial charge in [-0.2, -0.15) is 5.10 Å². The average Bonchev–Trinajstić information content (AvgIpc) is 3.30. The van der Waals surface area contributed by atoms with Crippen molar-refractivity contribution in [3.05, 3.63) is 64.7 Å². The van der Waals surface area contributed by atoms with E-state index in [4.69, 9.17) is 10.1 Å². The Morgan fingerprint density at radius 1 is 1.22 bits per heavy atom. The lowest BCUT2D eigenvalue weighted by Gasteiger charge is -2.08. The molecule has 0 bridgehead atoms. The minimum atomic E-state index is -0.340. The van der Waals surface area contributed by atoms with Gasteiger partial charge >= 0.3 is 0 Å². The zero-order valence-electron chi connectivity index (χ0n) is 17.9. The summed E-state index contributed by atoms with van der Waals surface area (Å²) in [6.07, 6.45) is 4.62. The Balaban J connectivity index is 1.76. The van der Waals surface area contributed by atoms with Gasteiger partial charge in [-0.25, -0.2) is 19.0 Å². The number of halogens is 1. The van der Waals surface area contributed by atoms with E-state index in [2.05, 4.69) is 10.3 Å². The van der Waals surface area contributed by atoms with Gasteiger partial charge in [-0.05, 0) is 50.5 Å². The maximum atomic E-state index is 14.9. The topological polar surface area (TPSA) is 72.7 Å². The van der Waals surface area contributed by atoms with Gasteiger partial charge in [0.1, 0.15) is 28.1 Å². The highest BCUT2D eigenvalue weighted by Gasteiger charge is 2.29. The third kappa shape index (κ3) is 3.60. The standard InChI is InChI=1S/C24H22FN5OS/c1-14(31)12-21-28-18-8-5-6-16-22(15-10-11-20(26-2)27-13-15)29-30(23(16)24(18)32-21)19-9-4-3-7-17(19)25/h3-4,7,9-11,13H,5-6,8,12H2,1-2H3,(H,26,27). The molecule has 8 heteroatoms. The third-order valence-corrected chi connectivity index (χ3v) is 6.66. The molecule has 1 N–H and O–H groups in total. The van der Waals surface area contributed by atoms with Gasteiger partial charge in [-0.1, -0.05) is 12.1 Å². The van der Waals surface area contributed by atoms with Crippen molar-refractivity contribution in [2.45, 2.75) is 32.6 Å². The molecule has 5 rings (SSSR count). The number of thiazole rings is 1. The zero-order chi connectivity index (χ0) is 22.2. The zero-order valence-corrected chi connectivity index (χ0v) is 18.7. The quantitative estimate of drug-likeness (QED) is 0.473. The first-order chi connectivity index (χ1) is 15.5. The van der Waals surface area contributed by atoms with Crippen LogP contribution in [-0.4, -0.2) is 32.6 Å². The molecule has 0 fully saturated rings. The summed E-state index contributed by atoms with van der Waals surface area (Å²) < 4.78 is 16.6. The fourth-order valence-corrected chi connectivity index (χ4v) is 5.35. The van der Waals surface area contributed by atoms with E-state index in [1.165, 1.54) is 17.4 Å². The van der Waals surface area contributed by atoms with Crippen LogP contribution in [0.2, 0.25) is 0 Å². The molecule has 0 unspecified atom stereocenters. The first-order valence-electron chi connectivity index (χ1n) is 10.5. The van der Waals surface area contributed by atoms with Gasteiger partial charge in [0.05, 0.1) is 28.4 Å². The molecule has 32 heavy (non-hydrogen) atoms. The predicted octanol–water partition coefficient (Wildman–Crippen LogP) is 4.86. The Morgan fingerprint density at radius 2 is 2.06 bits per heavy atom. The van der Waals surface area contributed by atoms with Crippen molar-refractivity contribution >= 4 is 22.9 Å². The van der Waals surface area contributed by atoms with Crippen molar-refractivity contribution in [1.82, 2.24) is 19.7 Å². The van der Waals surface area contributed by atoms with Crippen molar-refractivity contribution in [2.24, 2.45) is 0 Å². The minimum absolute atomic E-state index is 0.0770. The molecule has 6 nitrogen and oxygen atoms in total. The number of carbonyl (C=O) groups excluding carboxylic acids is 1. The van der Waals surface area contributed by atoms with E-state index in [9.17, 15) is 9.18 Å². The summed E-state index contributed by atoms with van der Waals surface area (Å²) in [5.74, 6) is 0.507. The molecule has 4 aromatic rings. The lowest BCUT2D eigenvalue weighted by atomic mass is 10.0. The number of Topliss-reactive ketones (excluding diaryl/α,β-unsaturated/α-hetero) is 1. The van der Waals surface area contributed by atoms with Gasteiger partial charge in [-0.3, -0.25) is 4.79 Å². The van der Waals surface area contributed by atoms with E-state index < -0.39 is 0 Å². The Labute approximate surface area is 189 Å². The van der Waals surface area contributed by atoms with Gasteiger partial charge in [0, 0.05) is 24.4 Å². The number of aryl methyl sites for hydroxylation is 1. The van der Waals surface area contributed by atoms with Gasteiger partial charge in [0.25, 0.3) is 0 Å². The molecule has 1 aromatic carbocycles. The average molecular weight is 448 g/mol. The fraction of sp³-hybridized carbons (Fsp3) is 0.250. The predicted molar refractivity (Wildman–Crippen MR) is 124 cm³/mol. The summed E-state index contributed by atoms with van der Waals surface area (Å²) >= 11 is 1.51. The molecule has 3 aromatic heterocycles. The number of fused-ring (bicyclic) bond motifs is 3. The lowest BCUT2D eigenvalue weighted by molar-refractivity contribution is -0.116. The van der Waals surface area contributed by atoms with Gasteiger partial charge in [-0.15, -0.1) is 11.3 Å². The molecule has 0 amide bonds. The summed E-state index contributed by atoms with van der Waals surface area (Å²) in [4.78, 5) is 21.9. The second-order valence-corrected chi connectivity index (χ2v) is 8.92. The van der Waals surface area contributed by atoms with E-state index in [1.807, 2.05) is 19.2 Å². The second kappa shape index (κ2) is 8.27. The van der Waals surface area contributed by atoms with Crippen molar-refractivity contribution in [3.8, 4) is 27.5 Å². The highest BCUT2D eigenvalue weighted by molar-refractivity contribution is 7.15. The number of para-hydroxylation sites is 1. The number of rotatable bonds is 5. The van der Waals surface area contributed by atoms with E-state index in [1.54, 1.807) is 36.0 Å². The van der Waals surface area contributed by atoms with Gasteiger partial charge in [0.2, 0.25) is 0 Å². The van der Waals surface area contributed by atoms with Crippen LogP contribution in [-0.2, 0) is 24.1 Å². The Morgan fingerprint density at radius 3 is 2.78 bits per heavy atom. The minimum Gasteiger partial charge on any atom is -0.373 e. The van der Waals surface area contributed by atoms with E-state index in [0.717, 1.165) is 63.2 Å². The van der Waals surface area contributed by atoms with Crippen LogP contribution in [0.1, 0.15) is 29.6 Å². The number of hydrogen-bond acceptors (Lipinski definition) is 6. The molecule has 162 valence electrons.